The van der Waals surface area contributed by atoms with Gasteiger partial charge in [0.05, 0.1) is 11.7 Å². The first kappa shape index (κ1) is 21.9. The summed E-state index contributed by atoms with van der Waals surface area (Å²) in [6.07, 6.45) is 10.6. The Bertz CT molecular complexity index is 1350. The highest BCUT2D eigenvalue weighted by molar-refractivity contribution is 5.96. The van der Waals surface area contributed by atoms with E-state index in [4.69, 9.17) is 9.97 Å². The second kappa shape index (κ2) is 8.88. The summed E-state index contributed by atoms with van der Waals surface area (Å²) in [4.78, 5) is 21.8. The van der Waals surface area contributed by atoms with Crippen molar-refractivity contribution < 1.29 is 13.2 Å². The fourth-order valence-corrected chi connectivity index (χ4v) is 4.59. The molecule has 2 atom stereocenters. The minimum Gasteiger partial charge on any atom is -0.365 e. The summed E-state index contributed by atoms with van der Waals surface area (Å²) in [6, 6.07) is 0.659. The number of amidine groups is 1. The van der Waals surface area contributed by atoms with Crippen LogP contribution in [0.1, 0.15) is 48.9 Å². The molecule has 2 fully saturated rings. The minimum absolute atomic E-state index is 0.263. The fraction of sp³-hybridized carbons (Fsp3) is 0.375. The topological polar surface area (TPSA) is 100 Å². The number of nitrogens with zero attached hydrogens (tertiary/aromatic N) is 5. The van der Waals surface area contributed by atoms with Crippen LogP contribution in [0.5, 0.6) is 0 Å². The van der Waals surface area contributed by atoms with Crippen molar-refractivity contribution in [1.82, 2.24) is 25.3 Å². The molecular formula is C24H23F3N8. The molecule has 0 bridgehead atoms. The highest BCUT2D eigenvalue weighted by atomic mass is 19.2. The summed E-state index contributed by atoms with van der Waals surface area (Å²) in [7, 11) is 0. The first-order valence-electron chi connectivity index (χ1n) is 11.7. The number of hydrogen-bond acceptors (Lipinski definition) is 8. The Morgan fingerprint density at radius 2 is 1.89 bits per heavy atom. The van der Waals surface area contributed by atoms with Gasteiger partial charge in [0.1, 0.15) is 17.5 Å². The Kier molecular flexibility index (Phi) is 5.56. The average Bonchev–Trinajstić information content (AvgIpc) is 3.58. The monoisotopic (exact) mass is 480 g/mol. The third-order valence-electron chi connectivity index (χ3n) is 6.51. The van der Waals surface area contributed by atoms with Crippen molar-refractivity contribution in [3.63, 3.8) is 0 Å². The molecule has 11 heteroatoms. The standard InChI is InChI=1S/C24H23F3N8/c25-16-8-18(26)33-24(21(16)27)34-19-7-13(3-6-30-19)22-32-17-11-29-10-15(12-1-2-12)20(17)23(35-22)31-14-4-5-28-9-14/h3,6,8,10-14,28H,1-2,4-5,7,9H2,(H,30,33,34)(H,31,32,35)/t13?,14-/m1/s1. The zero-order chi connectivity index (χ0) is 23.9. The van der Waals surface area contributed by atoms with E-state index < -0.39 is 23.4 Å². The zero-order valence-electron chi connectivity index (χ0n) is 18.7. The van der Waals surface area contributed by atoms with Crippen LogP contribution in [0, 0.1) is 17.6 Å². The molecule has 3 aliphatic rings. The van der Waals surface area contributed by atoms with E-state index in [0.717, 1.165) is 49.1 Å². The summed E-state index contributed by atoms with van der Waals surface area (Å²) < 4.78 is 41.2. The van der Waals surface area contributed by atoms with Crippen molar-refractivity contribution in [3.8, 4) is 0 Å². The lowest BCUT2D eigenvalue weighted by Crippen LogP contribution is -2.24. The molecule has 0 spiro atoms. The van der Waals surface area contributed by atoms with Gasteiger partial charge in [-0.3, -0.25) is 4.98 Å². The SMILES string of the molecule is Fc1cc(F)c(F)c(NC2=NC=CC(c3nc(N[C@@H]4CCNC4)c4c(C5CC5)cncc4n3)C2)n1. The Hall–Kier alpha value is -3.60. The van der Waals surface area contributed by atoms with Crippen LogP contribution < -0.4 is 16.0 Å². The number of nitrogens with one attached hydrogen (secondary N) is 3. The van der Waals surface area contributed by atoms with Gasteiger partial charge >= 0.3 is 0 Å². The number of aliphatic imine (C=N–C) groups is 1. The van der Waals surface area contributed by atoms with Gasteiger partial charge in [-0.25, -0.2) is 19.4 Å². The van der Waals surface area contributed by atoms with E-state index in [1.54, 1.807) is 12.4 Å². The number of halogens is 3. The average molecular weight is 480 g/mol. The highest BCUT2D eigenvalue weighted by Crippen LogP contribution is 2.44. The number of allylic oxidation sites excluding steroid dienone is 1. The van der Waals surface area contributed by atoms with Crippen LogP contribution in [0.2, 0.25) is 0 Å². The molecule has 0 radical (unpaired) electrons. The number of pyridine rings is 2. The van der Waals surface area contributed by atoms with Crippen molar-refractivity contribution in [2.24, 2.45) is 4.99 Å². The molecule has 8 nitrogen and oxygen atoms in total. The number of anilines is 2. The maximum Gasteiger partial charge on any atom is 0.217 e. The lowest BCUT2D eigenvalue weighted by molar-refractivity contribution is 0.483. The van der Waals surface area contributed by atoms with E-state index in [1.807, 2.05) is 12.3 Å². The number of rotatable bonds is 5. The molecule has 3 N–H and O–H groups in total. The van der Waals surface area contributed by atoms with Gasteiger partial charge in [-0.15, -0.1) is 0 Å². The van der Waals surface area contributed by atoms with Crippen LogP contribution in [-0.2, 0) is 0 Å². The van der Waals surface area contributed by atoms with Crippen LogP contribution in [0.4, 0.5) is 24.8 Å². The van der Waals surface area contributed by atoms with Gasteiger partial charge in [0.15, 0.2) is 11.6 Å². The van der Waals surface area contributed by atoms with Gasteiger partial charge in [0, 0.05) is 48.8 Å². The lowest BCUT2D eigenvalue weighted by atomic mass is 10.0. The van der Waals surface area contributed by atoms with Gasteiger partial charge in [-0.1, -0.05) is 6.08 Å². The molecule has 1 saturated heterocycles. The molecular weight excluding hydrogens is 457 g/mol. The highest BCUT2D eigenvalue weighted by Gasteiger charge is 2.29. The number of fused-ring (bicyclic) bond motifs is 1. The molecule has 3 aromatic rings. The molecule has 2 aliphatic heterocycles. The van der Waals surface area contributed by atoms with E-state index >= 15 is 0 Å². The second-order valence-corrected chi connectivity index (χ2v) is 9.10. The third kappa shape index (κ3) is 4.43. The van der Waals surface area contributed by atoms with Crippen molar-refractivity contribution in [2.75, 3.05) is 23.7 Å². The van der Waals surface area contributed by atoms with Gasteiger partial charge in [0.25, 0.3) is 0 Å². The van der Waals surface area contributed by atoms with E-state index in [2.05, 4.69) is 30.9 Å². The Labute approximate surface area is 199 Å². The van der Waals surface area contributed by atoms with Crippen molar-refractivity contribution >= 4 is 28.4 Å². The summed E-state index contributed by atoms with van der Waals surface area (Å²) in [5, 5.41) is 10.6. The quantitative estimate of drug-likeness (QED) is 0.475. The Morgan fingerprint density at radius 3 is 2.69 bits per heavy atom. The van der Waals surface area contributed by atoms with Crippen LogP contribution in [-0.4, -0.2) is 44.9 Å². The van der Waals surface area contributed by atoms with E-state index in [1.165, 1.54) is 5.56 Å². The molecule has 3 aromatic heterocycles. The normalized spacial score (nSPS) is 21.9. The first-order chi connectivity index (χ1) is 17.0. The van der Waals surface area contributed by atoms with Crippen LogP contribution in [0.3, 0.4) is 0 Å². The third-order valence-corrected chi connectivity index (χ3v) is 6.51. The predicted molar refractivity (Wildman–Crippen MR) is 126 cm³/mol. The van der Waals surface area contributed by atoms with Gasteiger partial charge in [-0.05, 0) is 37.3 Å². The number of hydrogen-bond donors (Lipinski definition) is 3. The van der Waals surface area contributed by atoms with E-state index in [0.29, 0.717) is 23.6 Å². The van der Waals surface area contributed by atoms with Gasteiger partial charge in [-0.2, -0.15) is 13.8 Å². The van der Waals surface area contributed by atoms with Crippen molar-refractivity contribution in [2.45, 2.75) is 43.6 Å². The molecule has 0 amide bonds. The van der Waals surface area contributed by atoms with Crippen LogP contribution in [0.15, 0.2) is 35.7 Å². The Balaban J connectivity index is 1.32. The molecule has 5 heterocycles. The lowest BCUT2D eigenvalue weighted by Gasteiger charge is -2.21. The minimum atomic E-state index is -1.32. The first-order valence-corrected chi connectivity index (χ1v) is 11.7. The smallest absolute Gasteiger partial charge is 0.217 e. The molecule has 0 aromatic carbocycles. The molecule has 1 unspecified atom stereocenters. The van der Waals surface area contributed by atoms with E-state index in [9.17, 15) is 13.2 Å². The molecule has 35 heavy (non-hydrogen) atoms. The Morgan fingerprint density at radius 1 is 1.00 bits per heavy atom. The maximum atomic E-state index is 14.1. The van der Waals surface area contributed by atoms with Crippen LogP contribution >= 0.6 is 0 Å². The van der Waals surface area contributed by atoms with Crippen LogP contribution in [0.25, 0.3) is 10.9 Å². The van der Waals surface area contributed by atoms with E-state index in [-0.39, 0.29) is 18.4 Å². The molecule has 180 valence electrons. The van der Waals surface area contributed by atoms with Gasteiger partial charge < -0.3 is 16.0 Å². The predicted octanol–water partition coefficient (Wildman–Crippen LogP) is 4.00. The molecule has 6 rings (SSSR count). The largest absolute Gasteiger partial charge is 0.365 e. The van der Waals surface area contributed by atoms with Crippen molar-refractivity contribution in [3.05, 3.63) is 59.7 Å². The fourth-order valence-electron chi connectivity index (χ4n) is 4.59. The summed E-state index contributed by atoms with van der Waals surface area (Å²) >= 11 is 0. The molecule has 1 aliphatic carbocycles. The zero-order valence-corrected chi connectivity index (χ0v) is 18.7. The second-order valence-electron chi connectivity index (χ2n) is 9.10. The molecule has 1 saturated carbocycles. The van der Waals surface area contributed by atoms with Gasteiger partial charge in [0.2, 0.25) is 11.8 Å². The maximum absolute atomic E-state index is 14.1. The van der Waals surface area contributed by atoms with Crippen molar-refractivity contribution in [1.29, 1.82) is 0 Å². The number of aromatic nitrogens is 4. The summed E-state index contributed by atoms with van der Waals surface area (Å²) in [6.45, 7) is 1.81. The summed E-state index contributed by atoms with van der Waals surface area (Å²) in [5.74, 6) is -2.42. The summed E-state index contributed by atoms with van der Waals surface area (Å²) in [5.41, 5.74) is 1.93.